The van der Waals surface area contributed by atoms with Crippen molar-refractivity contribution in [3.05, 3.63) is 35.4 Å². The highest BCUT2D eigenvalue weighted by Gasteiger charge is 2.34. The summed E-state index contributed by atoms with van der Waals surface area (Å²) in [7, 11) is 0. The third kappa shape index (κ3) is 4.12. The summed E-state index contributed by atoms with van der Waals surface area (Å²) < 4.78 is 38.4. The van der Waals surface area contributed by atoms with E-state index in [0.717, 1.165) is 12.1 Å². The summed E-state index contributed by atoms with van der Waals surface area (Å²) in [6, 6.07) is 4.40. The van der Waals surface area contributed by atoms with Crippen molar-refractivity contribution < 1.29 is 22.8 Å². The number of benzene rings is 1. The molecule has 0 saturated carbocycles. The van der Waals surface area contributed by atoms with Crippen LogP contribution in [0.4, 0.5) is 13.2 Å². The molecule has 136 valence electrons. The molecule has 5 nitrogen and oxygen atoms in total. The van der Waals surface area contributed by atoms with Gasteiger partial charge >= 0.3 is 6.18 Å². The normalized spacial score (nSPS) is 21.8. The standard InChI is InChI=1S/C17H20F3N3O2/c18-17(19,20)13-4-1-3-11(7-13)10-23-6-2-5-14(16(23)25)22-15(24)12-8-21-9-12/h1,3-4,7,12,14,21H,2,5-6,8-10H2,(H,22,24). The smallest absolute Gasteiger partial charge is 0.344 e. The Hall–Kier alpha value is -2.09. The Kier molecular flexibility index (Phi) is 4.99. The van der Waals surface area contributed by atoms with E-state index in [4.69, 9.17) is 0 Å². The number of hydrogen-bond donors (Lipinski definition) is 2. The predicted molar refractivity (Wildman–Crippen MR) is 84.4 cm³/mol. The third-order valence-electron chi connectivity index (χ3n) is 4.63. The molecule has 2 heterocycles. The minimum atomic E-state index is -4.41. The second-order valence-electron chi connectivity index (χ2n) is 6.52. The van der Waals surface area contributed by atoms with Gasteiger partial charge in [-0.15, -0.1) is 0 Å². The minimum absolute atomic E-state index is 0.105. The quantitative estimate of drug-likeness (QED) is 0.861. The molecule has 2 aliphatic heterocycles. The Morgan fingerprint density at radius 1 is 1.32 bits per heavy atom. The summed E-state index contributed by atoms with van der Waals surface area (Å²) in [4.78, 5) is 26.1. The molecule has 0 aliphatic carbocycles. The number of alkyl halides is 3. The Bertz CT molecular complexity index is 659. The van der Waals surface area contributed by atoms with Crippen molar-refractivity contribution >= 4 is 11.8 Å². The van der Waals surface area contributed by atoms with Crippen molar-refractivity contribution in [3.8, 4) is 0 Å². The lowest BCUT2D eigenvalue weighted by Gasteiger charge is -2.34. The molecule has 0 aromatic heterocycles. The molecule has 3 rings (SSSR count). The molecule has 1 aromatic carbocycles. The second kappa shape index (κ2) is 7.03. The molecule has 1 aromatic rings. The number of hydrogen-bond acceptors (Lipinski definition) is 3. The van der Waals surface area contributed by atoms with E-state index in [0.29, 0.717) is 38.0 Å². The molecule has 1 unspecified atom stereocenters. The summed E-state index contributed by atoms with van der Waals surface area (Å²) in [6.45, 7) is 1.81. The van der Waals surface area contributed by atoms with Gasteiger partial charge < -0.3 is 15.5 Å². The second-order valence-corrected chi connectivity index (χ2v) is 6.52. The number of likely N-dealkylation sites (tertiary alicyclic amines) is 1. The maximum absolute atomic E-state index is 12.8. The molecule has 2 saturated heterocycles. The average molecular weight is 355 g/mol. The fraction of sp³-hybridized carbons (Fsp3) is 0.529. The molecule has 2 aliphatic rings. The van der Waals surface area contributed by atoms with Gasteiger partial charge in [-0.1, -0.05) is 12.1 Å². The lowest BCUT2D eigenvalue weighted by atomic mass is 9.99. The van der Waals surface area contributed by atoms with Crippen LogP contribution in [0.15, 0.2) is 24.3 Å². The Labute approximate surface area is 143 Å². The van der Waals surface area contributed by atoms with E-state index in [1.54, 1.807) is 6.07 Å². The average Bonchev–Trinajstić information content (AvgIpc) is 2.49. The van der Waals surface area contributed by atoms with Crippen LogP contribution in [0.1, 0.15) is 24.0 Å². The molecule has 2 fully saturated rings. The SMILES string of the molecule is O=C(NC1CCCN(Cc2cccc(C(F)(F)F)c2)C1=O)C1CNC1. The number of piperidine rings is 1. The van der Waals surface area contributed by atoms with Crippen molar-refractivity contribution in [2.45, 2.75) is 31.6 Å². The molecule has 2 N–H and O–H groups in total. The summed E-state index contributed by atoms with van der Waals surface area (Å²) in [5, 5.41) is 5.77. The molecule has 0 spiro atoms. The molecular weight excluding hydrogens is 335 g/mol. The van der Waals surface area contributed by atoms with Gasteiger partial charge in [0.25, 0.3) is 0 Å². The van der Waals surface area contributed by atoms with Gasteiger partial charge in [0, 0.05) is 26.2 Å². The highest BCUT2D eigenvalue weighted by molar-refractivity contribution is 5.89. The van der Waals surface area contributed by atoms with E-state index in [2.05, 4.69) is 10.6 Å². The van der Waals surface area contributed by atoms with Crippen molar-refractivity contribution in [3.63, 3.8) is 0 Å². The predicted octanol–water partition coefficient (Wildman–Crippen LogP) is 1.53. The summed E-state index contributed by atoms with van der Waals surface area (Å²) in [5.74, 6) is -0.478. The third-order valence-corrected chi connectivity index (χ3v) is 4.63. The number of nitrogens with one attached hydrogen (secondary N) is 2. The zero-order chi connectivity index (χ0) is 18.0. The molecule has 1 atom stereocenters. The first-order chi connectivity index (χ1) is 11.8. The Morgan fingerprint density at radius 2 is 2.08 bits per heavy atom. The fourth-order valence-corrected chi connectivity index (χ4v) is 3.06. The van der Waals surface area contributed by atoms with Crippen LogP contribution in [0.5, 0.6) is 0 Å². The zero-order valence-corrected chi connectivity index (χ0v) is 13.6. The van der Waals surface area contributed by atoms with Crippen LogP contribution < -0.4 is 10.6 Å². The molecule has 0 bridgehead atoms. The molecule has 0 radical (unpaired) electrons. The summed E-state index contributed by atoms with van der Waals surface area (Å²) in [5.41, 5.74) is -0.296. The fourth-order valence-electron chi connectivity index (χ4n) is 3.06. The maximum Gasteiger partial charge on any atom is 0.416 e. The van der Waals surface area contributed by atoms with E-state index in [1.807, 2.05) is 0 Å². The van der Waals surface area contributed by atoms with E-state index in [-0.39, 0.29) is 24.3 Å². The first-order valence-electron chi connectivity index (χ1n) is 8.30. The van der Waals surface area contributed by atoms with Crippen LogP contribution in [0.2, 0.25) is 0 Å². The number of rotatable bonds is 4. The van der Waals surface area contributed by atoms with Crippen molar-refractivity contribution in [2.75, 3.05) is 19.6 Å². The number of carbonyl (C=O) groups excluding carboxylic acids is 2. The lowest BCUT2D eigenvalue weighted by molar-refractivity contribution is -0.140. The molecule has 25 heavy (non-hydrogen) atoms. The Morgan fingerprint density at radius 3 is 2.72 bits per heavy atom. The van der Waals surface area contributed by atoms with Crippen LogP contribution in [-0.4, -0.2) is 42.4 Å². The largest absolute Gasteiger partial charge is 0.416 e. The summed E-state index contributed by atoms with van der Waals surface area (Å²) >= 11 is 0. The number of carbonyl (C=O) groups is 2. The van der Waals surface area contributed by atoms with Crippen molar-refractivity contribution in [2.24, 2.45) is 5.92 Å². The molecule has 2 amide bonds. The highest BCUT2D eigenvalue weighted by Crippen LogP contribution is 2.30. The van der Waals surface area contributed by atoms with E-state index in [9.17, 15) is 22.8 Å². The molecule has 8 heteroatoms. The van der Waals surface area contributed by atoms with Gasteiger partial charge in [0.05, 0.1) is 11.5 Å². The van der Waals surface area contributed by atoms with Crippen LogP contribution in [0.3, 0.4) is 0 Å². The van der Waals surface area contributed by atoms with Gasteiger partial charge in [-0.2, -0.15) is 13.2 Å². The first kappa shape index (κ1) is 17.7. The summed E-state index contributed by atoms with van der Waals surface area (Å²) in [6.07, 6.45) is -3.14. The highest BCUT2D eigenvalue weighted by atomic mass is 19.4. The molecular formula is C17H20F3N3O2. The van der Waals surface area contributed by atoms with Crippen LogP contribution in [0.25, 0.3) is 0 Å². The van der Waals surface area contributed by atoms with E-state index in [1.165, 1.54) is 11.0 Å². The van der Waals surface area contributed by atoms with Crippen molar-refractivity contribution in [1.82, 2.24) is 15.5 Å². The zero-order valence-electron chi connectivity index (χ0n) is 13.6. The lowest BCUT2D eigenvalue weighted by Crippen LogP contribution is -2.57. The van der Waals surface area contributed by atoms with Gasteiger partial charge in [-0.05, 0) is 30.5 Å². The van der Waals surface area contributed by atoms with Crippen LogP contribution in [-0.2, 0) is 22.3 Å². The van der Waals surface area contributed by atoms with Crippen LogP contribution in [0, 0.1) is 5.92 Å². The topological polar surface area (TPSA) is 61.4 Å². The monoisotopic (exact) mass is 355 g/mol. The van der Waals surface area contributed by atoms with Gasteiger partial charge in [-0.3, -0.25) is 9.59 Å². The number of halogens is 3. The number of amides is 2. The maximum atomic E-state index is 12.8. The van der Waals surface area contributed by atoms with Gasteiger partial charge in [-0.25, -0.2) is 0 Å². The van der Waals surface area contributed by atoms with Gasteiger partial charge in [0.15, 0.2) is 0 Å². The van der Waals surface area contributed by atoms with Gasteiger partial charge in [0.1, 0.15) is 6.04 Å². The number of nitrogens with zero attached hydrogens (tertiary/aromatic N) is 1. The minimum Gasteiger partial charge on any atom is -0.344 e. The van der Waals surface area contributed by atoms with E-state index >= 15 is 0 Å². The Balaban J connectivity index is 1.64. The van der Waals surface area contributed by atoms with Crippen LogP contribution >= 0.6 is 0 Å². The van der Waals surface area contributed by atoms with E-state index < -0.39 is 17.8 Å². The first-order valence-corrected chi connectivity index (χ1v) is 8.30. The van der Waals surface area contributed by atoms with Crippen molar-refractivity contribution in [1.29, 1.82) is 0 Å². The van der Waals surface area contributed by atoms with Gasteiger partial charge in [0.2, 0.25) is 11.8 Å².